The van der Waals surface area contributed by atoms with E-state index in [1.165, 1.54) is 12.1 Å². The summed E-state index contributed by atoms with van der Waals surface area (Å²) < 4.78 is 27.9. The average molecular weight is 284 g/mol. The second-order valence-corrected chi connectivity index (χ2v) is 5.69. The molecule has 0 radical (unpaired) electrons. The van der Waals surface area contributed by atoms with E-state index in [9.17, 15) is 8.78 Å². The topological polar surface area (TPSA) is 26.7 Å². The monoisotopic (exact) mass is 284 g/mol. The quantitative estimate of drug-likeness (QED) is 0.918. The maximum absolute atomic E-state index is 14.0. The zero-order valence-electron chi connectivity index (χ0n) is 12.1. The normalized spacial score (nSPS) is 17.4. The molecule has 1 saturated heterocycles. The Kier molecular flexibility index (Phi) is 4.94. The zero-order chi connectivity index (χ0) is 14.7. The van der Waals surface area contributed by atoms with Gasteiger partial charge in [-0.25, -0.2) is 8.78 Å². The minimum atomic E-state index is -0.607. The van der Waals surface area contributed by atoms with E-state index in [1.54, 1.807) is 11.9 Å². The van der Waals surface area contributed by atoms with Crippen LogP contribution < -0.4 is 4.90 Å². The fraction of sp³-hybridized carbons (Fsp3) is 0.600. The summed E-state index contributed by atoms with van der Waals surface area (Å²) in [4.78, 5) is 3.93. The molecule has 0 saturated carbocycles. The van der Waals surface area contributed by atoms with Crippen molar-refractivity contribution in [3.8, 4) is 0 Å². The third-order valence-corrected chi connectivity index (χ3v) is 4.01. The van der Waals surface area contributed by atoms with Crippen LogP contribution >= 0.6 is 0 Å². The molecule has 1 aliphatic rings. The van der Waals surface area contributed by atoms with Crippen LogP contribution in [0.3, 0.4) is 0 Å². The van der Waals surface area contributed by atoms with Crippen molar-refractivity contribution < 1.29 is 13.9 Å². The van der Waals surface area contributed by atoms with E-state index in [0.29, 0.717) is 12.5 Å². The van der Waals surface area contributed by atoms with E-state index in [2.05, 4.69) is 11.9 Å². The van der Waals surface area contributed by atoms with Crippen molar-refractivity contribution in [1.29, 1.82) is 0 Å². The molecule has 1 aromatic rings. The number of aliphatic hydroxyl groups is 1. The van der Waals surface area contributed by atoms with Crippen LogP contribution in [0.4, 0.5) is 14.5 Å². The molecule has 0 amide bonds. The molecule has 0 atom stereocenters. The summed E-state index contributed by atoms with van der Waals surface area (Å²) in [5.74, 6) is -0.749. The first-order chi connectivity index (χ1) is 9.51. The van der Waals surface area contributed by atoms with Crippen molar-refractivity contribution in [1.82, 2.24) is 4.90 Å². The molecule has 2 rings (SSSR count). The van der Waals surface area contributed by atoms with Gasteiger partial charge in [0.05, 0.1) is 6.61 Å². The van der Waals surface area contributed by atoms with Gasteiger partial charge in [-0.15, -0.1) is 0 Å². The maximum atomic E-state index is 14.0. The Morgan fingerprint density at radius 2 is 1.80 bits per heavy atom. The SMILES string of the molecule is CN1CCC(CN(C)c2c(F)cc(CO)cc2F)CC1. The summed E-state index contributed by atoms with van der Waals surface area (Å²) in [5.41, 5.74) is 0.262. The minimum absolute atomic E-state index is 0.00104. The van der Waals surface area contributed by atoms with Crippen molar-refractivity contribution in [2.75, 3.05) is 38.6 Å². The fourth-order valence-electron chi connectivity index (χ4n) is 2.80. The maximum Gasteiger partial charge on any atom is 0.149 e. The number of aliphatic hydroxyl groups excluding tert-OH is 1. The molecule has 0 spiro atoms. The predicted octanol–water partition coefficient (Wildman–Crippen LogP) is 2.24. The van der Waals surface area contributed by atoms with Crippen LogP contribution in [0.15, 0.2) is 12.1 Å². The summed E-state index contributed by atoms with van der Waals surface area (Å²) in [6.45, 7) is 2.37. The highest BCUT2D eigenvalue weighted by Crippen LogP contribution is 2.26. The van der Waals surface area contributed by atoms with Gasteiger partial charge < -0.3 is 14.9 Å². The smallest absolute Gasteiger partial charge is 0.149 e. The molecule has 0 unspecified atom stereocenters. The molecule has 3 nitrogen and oxygen atoms in total. The predicted molar refractivity (Wildman–Crippen MR) is 75.8 cm³/mol. The third kappa shape index (κ3) is 3.46. The Labute approximate surface area is 118 Å². The van der Waals surface area contributed by atoms with E-state index in [-0.39, 0.29) is 17.9 Å². The lowest BCUT2D eigenvalue weighted by molar-refractivity contribution is 0.222. The lowest BCUT2D eigenvalue weighted by Gasteiger charge is -2.32. The molecule has 0 bridgehead atoms. The Morgan fingerprint density at radius 3 is 2.30 bits per heavy atom. The number of benzene rings is 1. The molecular weight excluding hydrogens is 262 g/mol. The number of hydrogen-bond donors (Lipinski definition) is 1. The Bertz CT molecular complexity index is 436. The van der Waals surface area contributed by atoms with E-state index in [0.717, 1.165) is 25.9 Å². The van der Waals surface area contributed by atoms with Crippen LogP contribution in [0.1, 0.15) is 18.4 Å². The van der Waals surface area contributed by atoms with Crippen LogP contribution in [-0.4, -0.2) is 43.7 Å². The van der Waals surface area contributed by atoms with Gasteiger partial charge in [0.1, 0.15) is 17.3 Å². The van der Waals surface area contributed by atoms with Gasteiger partial charge >= 0.3 is 0 Å². The van der Waals surface area contributed by atoms with E-state index in [4.69, 9.17) is 5.11 Å². The second-order valence-electron chi connectivity index (χ2n) is 5.69. The van der Waals surface area contributed by atoms with E-state index in [1.807, 2.05) is 0 Å². The molecule has 0 aromatic heterocycles. The number of rotatable bonds is 4. The first-order valence-electron chi connectivity index (χ1n) is 6.99. The molecule has 1 N–H and O–H groups in total. The number of nitrogens with zero attached hydrogens (tertiary/aromatic N) is 2. The highest BCUT2D eigenvalue weighted by Gasteiger charge is 2.21. The summed E-state index contributed by atoms with van der Waals surface area (Å²) in [5, 5.41) is 8.95. The van der Waals surface area contributed by atoms with Crippen LogP contribution in [0.5, 0.6) is 0 Å². The number of hydrogen-bond acceptors (Lipinski definition) is 3. The van der Waals surface area contributed by atoms with Gasteiger partial charge in [0.25, 0.3) is 0 Å². The Balaban J connectivity index is 2.07. The summed E-state index contributed by atoms with van der Waals surface area (Å²) in [7, 11) is 3.81. The van der Waals surface area contributed by atoms with Crippen molar-refractivity contribution in [3.63, 3.8) is 0 Å². The van der Waals surface area contributed by atoms with Crippen molar-refractivity contribution in [2.24, 2.45) is 5.92 Å². The van der Waals surface area contributed by atoms with Gasteiger partial charge in [-0.05, 0) is 56.6 Å². The van der Waals surface area contributed by atoms with Crippen LogP contribution in [0, 0.1) is 17.6 Å². The largest absolute Gasteiger partial charge is 0.392 e. The molecule has 1 aromatic carbocycles. The number of piperidine rings is 1. The standard InChI is InChI=1S/C15H22F2N2O/c1-18-5-3-11(4-6-18)9-19(2)15-13(16)7-12(10-20)8-14(15)17/h7-8,11,20H,3-6,9-10H2,1-2H3. The fourth-order valence-corrected chi connectivity index (χ4v) is 2.80. The number of halogens is 2. The van der Waals surface area contributed by atoms with E-state index < -0.39 is 11.6 Å². The Hall–Kier alpha value is -1.20. The van der Waals surface area contributed by atoms with Gasteiger partial charge in [-0.2, -0.15) is 0 Å². The molecule has 0 aliphatic carbocycles. The van der Waals surface area contributed by atoms with Gasteiger partial charge in [-0.3, -0.25) is 0 Å². The van der Waals surface area contributed by atoms with Gasteiger partial charge in [0.15, 0.2) is 0 Å². The zero-order valence-corrected chi connectivity index (χ0v) is 12.1. The summed E-state index contributed by atoms with van der Waals surface area (Å²) in [6, 6.07) is 2.40. The lowest BCUT2D eigenvalue weighted by Crippen LogP contribution is -2.36. The van der Waals surface area contributed by atoms with Gasteiger partial charge in [0.2, 0.25) is 0 Å². The average Bonchev–Trinajstić information content (AvgIpc) is 2.40. The van der Waals surface area contributed by atoms with Crippen molar-refractivity contribution in [3.05, 3.63) is 29.3 Å². The molecule has 20 heavy (non-hydrogen) atoms. The minimum Gasteiger partial charge on any atom is -0.392 e. The second kappa shape index (κ2) is 6.50. The molecule has 5 heteroatoms. The highest BCUT2D eigenvalue weighted by molar-refractivity contribution is 5.50. The van der Waals surface area contributed by atoms with E-state index >= 15 is 0 Å². The van der Waals surface area contributed by atoms with Crippen molar-refractivity contribution in [2.45, 2.75) is 19.4 Å². The summed E-state index contributed by atoms with van der Waals surface area (Å²) >= 11 is 0. The molecule has 112 valence electrons. The molecule has 1 fully saturated rings. The third-order valence-electron chi connectivity index (χ3n) is 4.01. The van der Waals surface area contributed by atoms with Crippen LogP contribution in [0.25, 0.3) is 0 Å². The Morgan fingerprint density at radius 1 is 1.25 bits per heavy atom. The first kappa shape index (κ1) is 15.2. The first-order valence-corrected chi connectivity index (χ1v) is 6.99. The highest BCUT2D eigenvalue weighted by atomic mass is 19.1. The van der Waals surface area contributed by atoms with Crippen molar-refractivity contribution >= 4 is 5.69 Å². The molecular formula is C15H22F2N2O. The number of likely N-dealkylation sites (tertiary alicyclic amines) is 1. The lowest BCUT2D eigenvalue weighted by atomic mass is 9.96. The van der Waals surface area contributed by atoms with Gasteiger partial charge in [0, 0.05) is 13.6 Å². The molecule has 1 heterocycles. The van der Waals surface area contributed by atoms with Crippen LogP contribution in [-0.2, 0) is 6.61 Å². The molecule has 1 aliphatic heterocycles. The summed E-state index contributed by atoms with van der Waals surface area (Å²) in [6.07, 6.45) is 2.11. The number of anilines is 1. The van der Waals surface area contributed by atoms with Crippen LogP contribution in [0.2, 0.25) is 0 Å². The van der Waals surface area contributed by atoms with Gasteiger partial charge in [-0.1, -0.05) is 0 Å².